The molecule has 0 aliphatic rings. The quantitative estimate of drug-likeness (QED) is 0.771. The lowest BCUT2D eigenvalue weighted by Gasteiger charge is -2.11. The average Bonchev–Trinajstić information content (AvgIpc) is 2.30. The summed E-state index contributed by atoms with van der Waals surface area (Å²) in [5.74, 6) is 0.320. The minimum Gasteiger partial charge on any atom is -0.490 e. The molecular weight excluding hydrogens is 220 g/mol. The zero-order valence-corrected chi connectivity index (χ0v) is 9.97. The molecule has 4 heteroatoms. The van der Waals surface area contributed by atoms with E-state index >= 15 is 0 Å². The van der Waals surface area contributed by atoms with Crippen LogP contribution < -0.4 is 9.47 Å². The Hall–Kier alpha value is -1.97. The van der Waals surface area contributed by atoms with Gasteiger partial charge in [-0.05, 0) is 37.6 Å². The van der Waals surface area contributed by atoms with Gasteiger partial charge in [-0.15, -0.1) is 0 Å². The molecule has 1 rings (SSSR count). The van der Waals surface area contributed by atoms with E-state index in [1.54, 1.807) is 18.2 Å². The second-order valence-electron chi connectivity index (χ2n) is 3.24. The van der Waals surface area contributed by atoms with E-state index in [-0.39, 0.29) is 0 Å². The van der Waals surface area contributed by atoms with E-state index in [0.29, 0.717) is 24.7 Å². The molecular formula is C13H16O4. The molecule has 4 nitrogen and oxygen atoms in total. The molecule has 0 spiro atoms. The van der Waals surface area contributed by atoms with Crippen LogP contribution >= 0.6 is 0 Å². The summed E-state index contributed by atoms with van der Waals surface area (Å²) >= 11 is 0. The Bertz CT molecular complexity index is 410. The van der Waals surface area contributed by atoms with Gasteiger partial charge in [0, 0.05) is 6.08 Å². The molecule has 0 aliphatic heterocycles. The van der Waals surface area contributed by atoms with Gasteiger partial charge in [0.2, 0.25) is 0 Å². The summed E-state index contributed by atoms with van der Waals surface area (Å²) in [6.07, 6.45) is 2.60. The minimum atomic E-state index is -0.975. The van der Waals surface area contributed by atoms with Crippen LogP contribution in [-0.4, -0.2) is 24.3 Å². The molecule has 0 fully saturated rings. The Labute approximate surface area is 100 Å². The van der Waals surface area contributed by atoms with Crippen molar-refractivity contribution in [2.75, 3.05) is 13.2 Å². The normalized spacial score (nSPS) is 10.5. The predicted octanol–water partition coefficient (Wildman–Crippen LogP) is 2.58. The van der Waals surface area contributed by atoms with Crippen LogP contribution in [0.3, 0.4) is 0 Å². The van der Waals surface area contributed by atoms with E-state index in [9.17, 15) is 4.79 Å². The molecule has 0 bridgehead atoms. The number of carboxylic acids is 1. The Morgan fingerprint density at radius 3 is 2.47 bits per heavy atom. The zero-order chi connectivity index (χ0) is 12.7. The molecule has 0 atom stereocenters. The fraction of sp³-hybridized carbons (Fsp3) is 0.308. The lowest BCUT2D eigenvalue weighted by Crippen LogP contribution is -1.98. The van der Waals surface area contributed by atoms with Crippen LogP contribution in [0.2, 0.25) is 0 Å². The first-order chi connectivity index (χ1) is 8.17. The Kier molecular flexibility index (Phi) is 5.07. The van der Waals surface area contributed by atoms with E-state index in [1.165, 1.54) is 6.08 Å². The van der Waals surface area contributed by atoms with Gasteiger partial charge in [0.15, 0.2) is 11.5 Å². The Balaban J connectivity index is 2.95. The third kappa shape index (κ3) is 4.18. The summed E-state index contributed by atoms with van der Waals surface area (Å²) in [5.41, 5.74) is 0.763. The molecule has 17 heavy (non-hydrogen) atoms. The van der Waals surface area contributed by atoms with Crippen molar-refractivity contribution < 1.29 is 19.4 Å². The van der Waals surface area contributed by atoms with E-state index in [2.05, 4.69) is 0 Å². The zero-order valence-electron chi connectivity index (χ0n) is 9.97. The number of aliphatic carboxylic acids is 1. The maximum atomic E-state index is 10.4. The molecule has 0 aromatic heterocycles. The monoisotopic (exact) mass is 236 g/mol. The third-order valence-electron chi connectivity index (χ3n) is 1.99. The number of rotatable bonds is 6. The van der Waals surface area contributed by atoms with Gasteiger partial charge >= 0.3 is 5.97 Å². The summed E-state index contributed by atoms with van der Waals surface area (Å²) in [5, 5.41) is 8.54. The fourth-order valence-corrected chi connectivity index (χ4v) is 1.34. The SMILES string of the molecule is CCOc1ccc(/C=C\C(=O)O)cc1OCC. The Morgan fingerprint density at radius 1 is 1.24 bits per heavy atom. The lowest BCUT2D eigenvalue weighted by molar-refractivity contribution is -0.131. The number of carboxylic acid groups (broad SMARTS) is 1. The molecule has 1 N–H and O–H groups in total. The van der Waals surface area contributed by atoms with Crippen LogP contribution in [0.5, 0.6) is 11.5 Å². The van der Waals surface area contributed by atoms with Crippen molar-refractivity contribution >= 4 is 12.0 Å². The van der Waals surface area contributed by atoms with Gasteiger partial charge in [0.1, 0.15) is 0 Å². The van der Waals surface area contributed by atoms with Gasteiger partial charge in [-0.3, -0.25) is 0 Å². The topological polar surface area (TPSA) is 55.8 Å². The Morgan fingerprint density at radius 2 is 1.88 bits per heavy atom. The molecule has 0 saturated carbocycles. The number of carbonyl (C=O) groups is 1. The van der Waals surface area contributed by atoms with Gasteiger partial charge in [0.25, 0.3) is 0 Å². The van der Waals surface area contributed by atoms with Gasteiger partial charge in [-0.25, -0.2) is 4.79 Å². The molecule has 0 radical (unpaired) electrons. The molecule has 92 valence electrons. The summed E-state index contributed by atoms with van der Waals surface area (Å²) in [4.78, 5) is 10.4. The number of benzene rings is 1. The lowest BCUT2D eigenvalue weighted by atomic mass is 10.2. The smallest absolute Gasteiger partial charge is 0.328 e. The average molecular weight is 236 g/mol. The van der Waals surface area contributed by atoms with Crippen LogP contribution in [0.4, 0.5) is 0 Å². The van der Waals surface area contributed by atoms with Crippen LogP contribution in [-0.2, 0) is 4.79 Å². The molecule has 0 unspecified atom stereocenters. The summed E-state index contributed by atoms with van der Waals surface area (Å²) in [6.45, 7) is 4.88. The molecule has 1 aromatic carbocycles. The van der Waals surface area contributed by atoms with Crippen LogP contribution in [0, 0.1) is 0 Å². The number of hydrogen-bond donors (Lipinski definition) is 1. The fourth-order valence-electron chi connectivity index (χ4n) is 1.34. The highest BCUT2D eigenvalue weighted by Gasteiger charge is 2.04. The first kappa shape index (κ1) is 13.1. The minimum absolute atomic E-state index is 0.534. The summed E-state index contributed by atoms with van der Waals surface area (Å²) in [7, 11) is 0. The van der Waals surface area contributed by atoms with Crippen molar-refractivity contribution in [3.63, 3.8) is 0 Å². The highest BCUT2D eigenvalue weighted by Crippen LogP contribution is 2.28. The second-order valence-corrected chi connectivity index (χ2v) is 3.24. The first-order valence-corrected chi connectivity index (χ1v) is 5.48. The van der Waals surface area contributed by atoms with Crippen molar-refractivity contribution in [1.82, 2.24) is 0 Å². The summed E-state index contributed by atoms with van der Waals surface area (Å²) in [6, 6.07) is 5.32. The molecule has 0 saturated heterocycles. The molecule has 1 aromatic rings. The van der Waals surface area contributed by atoms with Gasteiger partial charge < -0.3 is 14.6 Å². The van der Waals surface area contributed by atoms with Crippen LogP contribution in [0.25, 0.3) is 6.08 Å². The number of hydrogen-bond acceptors (Lipinski definition) is 3. The second kappa shape index (κ2) is 6.58. The standard InChI is InChI=1S/C13H16O4/c1-3-16-11-7-5-10(6-8-13(14)15)9-12(11)17-4-2/h5-9H,3-4H2,1-2H3,(H,14,15)/b8-6-. The van der Waals surface area contributed by atoms with Crippen LogP contribution in [0.15, 0.2) is 24.3 Å². The van der Waals surface area contributed by atoms with Crippen molar-refractivity contribution in [2.45, 2.75) is 13.8 Å². The third-order valence-corrected chi connectivity index (χ3v) is 1.99. The van der Waals surface area contributed by atoms with E-state index in [1.807, 2.05) is 13.8 Å². The van der Waals surface area contributed by atoms with Crippen molar-refractivity contribution in [3.8, 4) is 11.5 Å². The van der Waals surface area contributed by atoms with E-state index in [0.717, 1.165) is 11.6 Å². The maximum absolute atomic E-state index is 10.4. The predicted molar refractivity (Wildman–Crippen MR) is 65.4 cm³/mol. The van der Waals surface area contributed by atoms with Crippen molar-refractivity contribution in [1.29, 1.82) is 0 Å². The van der Waals surface area contributed by atoms with Gasteiger partial charge in [-0.1, -0.05) is 6.07 Å². The van der Waals surface area contributed by atoms with Gasteiger partial charge in [0.05, 0.1) is 13.2 Å². The largest absolute Gasteiger partial charge is 0.490 e. The van der Waals surface area contributed by atoms with Crippen molar-refractivity contribution in [3.05, 3.63) is 29.8 Å². The highest BCUT2D eigenvalue weighted by atomic mass is 16.5. The van der Waals surface area contributed by atoms with Gasteiger partial charge in [-0.2, -0.15) is 0 Å². The molecule has 0 aliphatic carbocycles. The van der Waals surface area contributed by atoms with Crippen molar-refractivity contribution in [2.24, 2.45) is 0 Å². The van der Waals surface area contributed by atoms with Crippen LogP contribution in [0.1, 0.15) is 19.4 Å². The maximum Gasteiger partial charge on any atom is 0.328 e. The highest BCUT2D eigenvalue weighted by molar-refractivity contribution is 5.85. The number of ether oxygens (including phenoxy) is 2. The van der Waals surface area contributed by atoms with E-state index < -0.39 is 5.97 Å². The first-order valence-electron chi connectivity index (χ1n) is 5.48. The van der Waals surface area contributed by atoms with E-state index in [4.69, 9.17) is 14.6 Å². The summed E-state index contributed by atoms with van der Waals surface area (Å²) < 4.78 is 10.8. The molecule has 0 heterocycles. The molecule has 0 amide bonds.